The summed E-state index contributed by atoms with van der Waals surface area (Å²) >= 11 is 0. The summed E-state index contributed by atoms with van der Waals surface area (Å²) in [4.78, 5) is 4.99. The van der Waals surface area contributed by atoms with E-state index in [9.17, 15) is 0 Å². The normalized spacial score (nSPS) is 14.2. The van der Waals surface area contributed by atoms with Crippen LogP contribution >= 0.6 is 0 Å². The molecule has 2 aromatic carbocycles. The molecule has 3 aromatic rings. The fourth-order valence-electron chi connectivity index (χ4n) is 5.28. The van der Waals surface area contributed by atoms with E-state index in [0.29, 0.717) is 5.92 Å². The molecule has 178 valence electrons. The molecule has 0 fully saturated rings. The summed E-state index contributed by atoms with van der Waals surface area (Å²) in [5.74, 6) is 1.66. The number of aryl methyl sites for hydroxylation is 1. The lowest BCUT2D eigenvalue weighted by molar-refractivity contribution is 0.322. The maximum atomic E-state index is 4.99. The Morgan fingerprint density at radius 2 is 1.42 bits per heavy atom. The molecule has 2 atom stereocenters. The molecule has 2 heteroatoms. The molecule has 1 aromatic heterocycles. The molecule has 33 heavy (non-hydrogen) atoms. The molecule has 2 unspecified atom stereocenters. The lowest BCUT2D eigenvalue weighted by atomic mass is 9.66. The number of aromatic nitrogens is 2. The van der Waals surface area contributed by atoms with Gasteiger partial charge in [-0.3, -0.25) is 0 Å². The van der Waals surface area contributed by atoms with Crippen molar-refractivity contribution in [3.8, 4) is 0 Å². The van der Waals surface area contributed by atoms with E-state index in [1.807, 2.05) is 6.20 Å². The Morgan fingerprint density at radius 3 is 2.12 bits per heavy atom. The second kappa shape index (κ2) is 13.4. The SMILES string of the molecule is CCCCCCCCC(c1nccn1CCCC)C(C)(Cc1ccccc1)c1ccccc1. The molecule has 0 saturated heterocycles. The van der Waals surface area contributed by atoms with E-state index in [-0.39, 0.29) is 5.41 Å². The molecule has 0 saturated carbocycles. The van der Waals surface area contributed by atoms with Crippen molar-refractivity contribution in [1.29, 1.82) is 0 Å². The number of rotatable bonds is 15. The van der Waals surface area contributed by atoms with Gasteiger partial charge >= 0.3 is 0 Å². The number of benzene rings is 2. The minimum absolute atomic E-state index is 0.0125. The number of hydrogen-bond acceptors (Lipinski definition) is 1. The Hall–Kier alpha value is -2.35. The second-order valence-electron chi connectivity index (χ2n) is 9.89. The van der Waals surface area contributed by atoms with Gasteiger partial charge in [0.25, 0.3) is 0 Å². The van der Waals surface area contributed by atoms with Crippen LogP contribution in [0.4, 0.5) is 0 Å². The van der Waals surface area contributed by atoms with Gasteiger partial charge in [-0.25, -0.2) is 4.98 Å². The van der Waals surface area contributed by atoms with E-state index in [2.05, 4.69) is 92.2 Å². The maximum Gasteiger partial charge on any atom is 0.112 e. The molecule has 0 aliphatic heterocycles. The van der Waals surface area contributed by atoms with E-state index >= 15 is 0 Å². The number of hydrogen-bond donors (Lipinski definition) is 0. The van der Waals surface area contributed by atoms with Crippen LogP contribution < -0.4 is 0 Å². The highest BCUT2D eigenvalue weighted by atomic mass is 15.1. The van der Waals surface area contributed by atoms with Gasteiger partial charge in [0.15, 0.2) is 0 Å². The number of imidazole rings is 1. The van der Waals surface area contributed by atoms with Gasteiger partial charge in [-0.15, -0.1) is 0 Å². The molecule has 0 radical (unpaired) electrons. The highest BCUT2D eigenvalue weighted by Gasteiger charge is 2.39. The molecule has 0 aliphatic carbocycles. The highest BCUT2D eigenvalue weighted by molar-refractivity contribution is 5.33. The van der Waals surface area contributed by atoms with Crippen molar-refractivity contribution in [1.82, 2.24) is 9.55 Å². The van der Waals surface area contributed by atoms with E-state index in [1.54, 1.807) is 0 Å². The first-order valence-corrected chi connectivity index (χ1v) is 13.3. The third-order valence-electron chi connectivity index (χ3n) is 7.27. The van der Waals surface area contributed by atoms with Crippen molar-refractivity contribution < 1.29 is 0 Å². The summed E-state index contributed by atoms with van der Waals surface area (Å²) in [5.41, 5.74) is 2.82. The molecule has 0 spiro atoms. The third-order valence-corrected chi connectivity index (χ3v) is 7.27. The van der Waals surface area contributed by atoms with E-state index < -0.39 is 0 Å². The smallest absolute Gasteiger partial charge is 0.112 e. The lowest BCUT2D eigenvalue weighted by Crippen LogP contribution is -2.35. The van der Waals surface area contributed by atoms with Crippen LogP contribution in [0.1, 0.15) is 101 Å². The lowest BCUT2D eigenvalue weighted by Gasteiger charge is -2.39. The molecule has 0 bridgehead atoms. The van der Waals surface area contributed by atoms with Gasteiger partial charge in [-0.2, -0.15) is 0 Å². The Balaban J connectivity index is 1.95. The molecule has 0 N–H and O–H groups in total. The average Bonchev–Trinajstić information content (AvgIpc) is 3.31. The monoisotopic (exact) mass is 444 g/mol. The summed E-state index contributed by atoms with van der Waals surface area (Å²) in [6.07, 6.45) is 16.8. The Labute approximate surface area is 202 Å². The quantitative estimate of drug-likeness (QED) is 0.214. The molecule has 3 rings (SSSR count). The molecular formula is C31H44N2. The topological polar surface area (TPSA) is 17.8 Å². The van der Waals surface area contributed by atoms with Crippen molar-refractivity contribution in [2.45, 2.75) is 103 Å². The van der Waals surface area contributed by atoms with Crippen molar-refractivity contribution in [3.05, 3.63) is 90.0 Å². The molecule has 1 heterocycles. The van der Waals surface area contributed by atoms with Crippen LogP contribution in [0, 0.1) is 0 Å². The fraction of sp³-hybridized carbons (Fsp3) is 0.516. The van der Waals surface area contributed by atoms with Gasteiger partial charge in [0.2, 0.25) is 0 Å². The molecule has 0 amide bonds. The largest absolute Gasteiger partial charge is 0.335 e. The van der Waals surface area contributed by atoms with Crippen LogP contribution in [0.25, 0.3) is 0 Å². The van der Waals surface area contributed by atoms with Gasteiger partial charge in [0, 0.05) is 30.3 Å². The zero-order valence-electron chi connectivity index (χ0n) is 21.2. The van der Waals surface area contributed by atoms with E-state index in [1.165, 1.54) is 74.7 Å². The van der Waals surface area contributed by atoms with E-state index in [0.717, 1.165) is 13.0 Å². The Kier molecular flexibility index (Phi) is 10.2. The Morgan fingerprint density at radius 1 is 0.788 bits per heavy atom. The van der Waals surface area contributed by atoms with Gasteiger partial charge in [-0.1, -0.05) is 126 Å². The minimum Gasteiger partial charge on any atom is -0.335 e. The van der Waals surface area contributed by atoms with Crippen LogP contribution in [0.15, 0.2) is 73.1 Å². The van der Waals surface area contributed by atoms with Crippen molar-refractivity contribution in [2.75, 3.05) is 0 Å². The van der Waals surface area contributed by atoms with E-state index in [4.69, 9.17) is 4.98 Å². The van der Waals surface area contributed by atoms with Crippen LogP contribution in [0.2, 0.25) is 0 Å². The van der Waals surface area contributed by atoms with Crippen LogP contribution in [0.5, 0.6) is 0 Å². The average molecular weight is 445 g/mol. The predicted molar refractivity (Wildman–Crippen MR) is 142 cm³/mol. The summed E-state index contributed by atoms with van der Waals surface area (Å²) < 4.78 is 2.44. The van der Waals surface area contributed by atoms with Crippen molar-refractivity contribution in [2.24, 2.45) is 0 Å². The number of nitrogens with zero attached hydrogens (tertiary/aromatic N) is 2. The summed E-state index contributed by atoms with van der Waals surface area (Å²) in [5, 5.41) is 0. The zero-order valence-corrected chi connectivity index (χ0v) is 21.2. The Bertz CT molecular complexity index is 899. The number of unbranched alkanes of at least 4 members (excludes halogenated alkanes) is 6. The second-order valence-corrected chi connectivity index (χ2v) is 9.89. The fourth-order valence-corrected chi connectivity index (χ4v) is 5.28. The van der Waals surface area contributed by atoms with Crippen LogP contribution in [-0.2, 0) is 18.4 Å². The highest BCUT2D eigenvalue weighted by Crippen LogP contribution is 2.44. The zero-order chi connectivity index (χ0) is 23.4. The molecular weight excluding hydrogens is 400 g/mol. The first-order chi connectivity index (χ1) is 16.2. The summed E-state index contributed by atoms with van der Waals surface area (Å²) in [6, 6.07) is 22.2. The van der Waals surface area contributed by atoms with Crippen molar-refractivity contribution in [3.63, 3.8) is 0 Å². The van der Waals surface area contributed by atoms with Crippen LogP contribution in [0.3, 0.4) is 0 Å². The summed E-state index contributed by atoms with van der Waals surface area (Å²) in [6.45, 7) is 8.11. The minimum atomic E-state index is -0.0125. The van der Waals surface area contributed by atoms with Gasteiger partial charge in [0.05, 0.1) is 0 Å². The van der Waals surface area contributed by atoms with Crippen LogP contribution in [-0.4, -0.2) is 9.55 Å². The van der Waals surface area contributed by atoms with Crippen molar-refractivity contribution >= 4 is 0 Å². The predicted octanol–water partition coefficient (Wildman–Crippen LogP) is 8.72. The standard InChI is InChI=1S/C31H44N2/c1-4-6-8-9-10-17-22-29(30-32-23-25-33(30)24-7-5-2)31(3,28-20-15-12-16-21-28)26-27-18-13-11-14-19-27/h11-16,18-21,23,25,29H,4-10,17,22,24,26H2,1-3H3. The third kappa shape index (κ3) is 7.06. The van der Waals surface area contributed by atoms with Gasteiger partial charge in [-0.05, 0) is 30.4 Å². The molecule has 2 nitrogen and oxygen atoms in total. The first kappa shape index (κ1) is 25.3. The van der Waals surface area contributed by atoms with Gasteiger partial charge in [0.1, 0.15) is 5.82 Å². The van der Waals surface area contributed by atoms with Gasteiger partial charge < -0.3 is 4.57 Å². The summed E-state index contributed by atoms with van der Waals surface area (Å²) in [7, 11) is 0. The first-order valence-electron chi connectivity index (χ1n) is 13.3. The maximum absolute atomic E-state index is 4.99. The molecule has 0 aliphatic rings.